The molecule has 0 spiro atoms. The Bertz CT molecular complexity index is 587. The molecular formula is C12H17F2NO4S. The fraction of sp³-hybridized carbons (Fsp3) is 0.500. The fourth-order valence-electron chi connectivity index (χ4n) is 1.74. The molecule has 114 valence electrons. The number of benzene rings is 1. The van der Waals surface area contributed by atoms with E-state index in [0.29, 0.717) is 0 Å². The van der Waals surface area contributed by atoms with Crippen molar-refractivity contribution in [2.24, 2.45) is 0 Å². The smallest absolute Gasteiger partial charge is 0.244 e. The molecule has 0 fully saturated rings. The Morgan fingerprint density at radius 3 is 2.45 bits per heavy atom. The SMILES string of the molecule is COCC(C)(C)NS(=O)(=O)c1ccc(F)c(CO)c1F. The first-order valence-electron chi connectivity index (χ1n) is 5.75. The minimum absolute atomic E-state index is 0.0713. The maximum absolute atomic E-state index is 13.9. The number of sulfonamides is 1. The van der Waals surface area contributed by atoms with Crippen LogP contribution in [0.25, 0.3) is 0 Å². The van der Waals surface area contributed by atoms with Crippen molar-refractivity contribution in [3.63, 3.8) is 0 Å². The number of halogens is 2. The molecule has 8 heteroatoms. The van der Waals surface area contributed by atoms with Gasteiger partial charge in [-0.15, -0.1) is 0 Å². The Morgan fingerprint density at radius 1 is 1.35 bits per heavy atom. The predicted octanol–water partition coefficient (Wildman–Crippen LogP) is 1.16. The van der Waals surface area contributed by atoms with E-state index in [4.69, 9.17) is 9.84 Å². The Balaban J connectivity index is 3.24. The van der Waals surface area contributed by atoms with Gasteiger partial charge in [-0.2, -0.15) is 0 Å². The number of methoxy groups -OCH3 is 1. The van der Waals surface area contributed by atoms with Crippen molar-refractivity contribution in [2.75, 3.05) is 13.7 Å². The lowest BCUT2D eigenvalue weighted by molar-refractivity contribution is 0.141. The molecule has 0 aliphatic rings. The van der Waals surface area contributed by atoms with Gasteiger partial charge in [0, 0.05) is 7.11 Å². The summed E-state index contributed by atoms with van der Waals surface area (Å²) in [5, 5.41) is 8.89. The Hall–Kier alpha value is -1.09. The minimum atomic E-state index is -4.20. The maximum Gasteiger partial charge on any atom is 0.244 e. The highest BCUT2D eigenvalue weighted by molar-refractivity contribution is 7.89. The topological polar surface area (TPSA) is 75.6 Å². The number of ether oxygens (including phenoxy) is 1. The molecule has 1 aromatic carbocycles. The van der Waals surface area contributed by atoms with Crippen LogP contribution in [0.3, 0.4) is 0 Å². The molecule has 1 rings (SSSR count). The van der Waals surface area contributed by atoms with Crippen LogP contribution >= 0.6 is 0 Å². The summed E-state index contributed by atoms with van der Waals surface area (Å²) in [5.41, 5.74) is -1.65. The summed E-state index contributed by atoms with van der Waals surface area (Å²) < 4.78 is 58.5. The van der Waals surface area contributed by atoms with E-state index in [-0.39, 0.29) is 6.61 Å². The Kier molecular flexibility index (Phi) is 5.20. The number of aliphatic hydroxyl groups excluding tert-OH is 1. The van der Waals surface area contributed by atoms with E-state index < -0.39 is 44.3 Å². The molecule has 1 aromatic rings. The number of hydrogen-bond donors (Lipinski definition) is 2. The molecule has 0 radical (unpaired) electrons. The zero-order valence-corrected chi connectivity index (χ0v) is 12.2. The van der Waals surface area contributed by atoms with Crippen molar-refractivity contribution >= 4 is 10.0 Å². The molecule has 0 amide bonds. The number of hydrogen-bond acceptors (Lipinski definition) is 4. The second-order valence-corrected chi connectivity index (χ2v) is 6.57. The first-order chi connectivity index (χ1) is 9.14. The second kappa shape index (κ2) is 6.13. The molecule has 5 nitrogen and oxygen atoms in total. The van der Waals surface area contributed by atoms with Gasteiger partial charge in [-0.3, -0.25) is 0 Å². The molecule has 20 heavy (non-hydrogen) atoms. The summed E-state index contributed by atoms with van der Waals surface area (Å²) in [6, 6.07) is 1.61. The first kappa shape index (κ1) is 17.0. The van der Waals surface area contributed by atoms with Crippen LogP contribution in [-0.2, 0) is 21.4 Å². The van der Waals surface area contributed by atoms with Gasteiger partial charge in [-0.25, -0.2) is 21.9 Å². The summed E-state index contributed by atoms with van der Waals surface area (Å²) in [4.78, 5) is -0.716. The van der Waals surface area contributed by atoms with E-state index in [1.807, 2.05) is 0 Å². The van der Waals surface area contributed by atoms with Gasteiger partial charge in [0.05, 0.1) is 24.3 Å². The minimum Gasteiger partial charge on any atom is -0.391 e. The van der Waals surface area contributed by atoms with Gasteiger partial charge < -0.3 is 9.84 Å². The fourth-order valence-corrected chi connectivity index (χ4v) is 3.24. The van der Waals surface area contributed by atoms with Crippen LogP contribution in [0.2, 0.25) is 0 Å². The van der Waals surface area contributed by atoms with Crippen LogP contribution in [-0.4, -0.2) is 32.8 Å². The van der Waals surface area contributed by atoms with Crippen molar-refractivity contribution in [3.05, 3.63) is 29.3 Å². The summed E-state index contributed by atoms with van der Waals surface area (Å²) in [6.07, 6.45) is 0. The zero-order chi connectivity index (χ0) is 15.6. The quantitative estimate of drug-likeness (QED) is 0.827. The molecule has 0 heterocycles. The van der Waals surface area contributed by atoms with E-state index >= 15 is 0 Å². The van der Waals surface area contributed by atoms with Gasteiger partial charge in [0.25, 0.3) is 0 Å². The summed E-state index contributed by atoms with van der Waals surface area (Å²) in [6.45, 7) is 2.26. The molecular weight excluding hydrogens is 292 g/mol. The average molecular weight is 309 g/mol. The van der Waals surface area contributed by atoms with Crippen molar-refractivity contribution in [1.82, 2.24) is 4.72 Å². The highest BCUT2D eigenvalue weighted by Crippen LogP contribution is 2.22. The van der Waals surface area contributed by atoms with Gasteiger partial charge in [-0.05, 0) is 26.0 Å². The normalized spacial score (nSPS) is 12.7. The van der Waals surface area contributed by atoms with Gasteiger partial charge in [0.1, 0.15) is 10.7 Å². The highest BCUT2D eigenvalue weighted by atomic mass is 32.2. The van der Waals surface area contributed by atoms with Crippen LogP contribution in [0, 0.1) is 11.6 Å². The average Bonchev–Trinajstić information content (AvgIpc) is 2.27. The van der Waals surface area contributed by atoms with Crippen LogP contribution < -0.4 is 4.72 Å². The molecule has 0 atom stereocenters. The molecule has 0 aliphatic carbocycles. The largest absolute Gasteiger partial charge is 0.391 e. The number of rotatable bonds is 6. The third kappa shape index (κ3) is 3.72. The van der Waals surface area contributed by atoms with Crippen molar-refractivity contribution in [2.45, 2.75) is 30.9 Å². The van der Waals surface area contributed by atoms with Crippen molar-refractivity contribution in [1.29, 1.82) is 0 Å². The third-order valence-corrected chi connectivity index (χ3v) is 4.23. The lowest BCUT2D eigenvalue weighted by atomic mass is 10.1. The Morgan fingerprint density at radius 2 is 1.95 bits per heavy atom. The van der Waals surface area contributed by atoms with E-state index in [1.54, 1.807) is 13.8 Å². The van der Waals surface area contributed by atoms with Gasteiger partial charge in [-0.1, -0.05) is 0 Å². The van der Waals surface area contributed by atoms with Gasteiger partial charge in [0.2, 0.25) is 10.0 Å². The van der Waals surface area contributed by atoms with E-state index in [9.17, 15) is 17.2 Å². The summed E-state index contributed by atoms with van der Waals surface area (Å²) in [5.74, 6) is -2.30. The van der Waals surface area contributed by atoms with Crippen molar-refractivity contribution < 1.29 is 27.0 Å². The lowest BCUT2D eigenvalue weighted by Crippen LogP contribution is -2.46. The highest BCUT2D eigenvalue weighted by Gasteiger charge is 2.29. The van der Waals surface area contributed by atoms with E-state index in [2.05, 4.69) is 4.72 Å². The molecule has 0 bridgehead atoms. The first-order valence-corrected chi connectivity index (χ1v) is 7.23. The van der Waals surface area contributed by atoms with Crippen LogP contribution in [0.1, 0.15) is 19.4 Å². The van der Waals surface area contributed by atoms with Crippen molar-refractivity contribution in [3.8, 4) is 0 Å². The van der Waals surface area contributed by atoms with Gasteiger partial charge >= 0.3 is 0 Å². The van der Waals surface area contributed by atoms with Crippen LogP contribution in [0.5, 0.6) is 0 Å². The number of aliphatic hydroxyl groups is 1. The zero-order valence-electron chi connectivity index (χ0n) is 11.4. The molecule has 0 saturated carbocycles. The molecule has 0 unspecified atom stereocenters. The van der Waals surface area contributed by atoms with Crippen LogP contribution in [0.4, 0.5) is 8.78 Å². The number of nitrogens with one attached hydrogen (secondary N) is 1. The van der Waals surface area contributed by atoms with Gasteiger partial charge in [0.15, 0.2) is 5.82 Å². The lowest BCUT2D eigenvalue weighted by Gasteiger charge is -2.25. The second-order valence-electron chi connectivity index (χ2n) is 4.92. The summed E-state index contributed by atoms with van der Waals surface area (Å²) in [7, 11) is -2.80. The molecule has 0 aliphatic heterocycles. The van der Waals surface area contributed by atoms with E-state index in [0.717, 1.165) is 12.1 Å². The molecule has 0 saturated heterocycles. The van der Waals surface area contributed by atoms with Crippen LogP contribution in [0.15, 0.2) is 17.0 Å². The third-order valence-electron chi connectivity index (χ3n) is 2.51. The predicted molar refractivity (Wildman–Crippen MR) is 68.6 cm³/mol. The van der Waals surface area contributed by atoms with E-state index in [1.165, 1.54) is 7.11 Å². The summed E-state index contributed by atoms with van der Waals surface area (Å²) >= 11 is 0. The maximum atomic E-state index is 13.9. The molecule has 0 aromatic heterocycles. The standard InChI is InChI=1S/C12H17F2NO4S/c1-12(2,7-19-3)15-20(17,18)10-5-4-9(13)8(6-16)11(10)14/h4-5,15-16H,6-7H2,1-3H3. The Labute approximate surface area is 116 Å². The monoisotopic (exact) mass is 309 g/mol. The molecule has 2 N–H and O–H groups in total.